The molecule has 5 nitrogen and oxygen atoms in total. The number of rotatable bonds is 6. The lowest BCUT2D eigenvalue weighted by Crippen LogP contribution is -2.47. The van der Waals surface area contributed by atoms with E-state index in [0.29, 0.717) is 19.6 Å². The first-order valence-electron chi connectivity index (χ1n) is 3.84. The smallest absolute Gasteiger partial charge is 0.0941 e. The molecule has 0 aliphatic carbocycles. The van der Waals surface area contributed by atoms with Gasteiger partial charge in [0, 0.05) is 26.2 Å². The summed E-state index contributed by atoms with van der Waals surface area (Å²) in [4.78, 5) is 0. The molecule has 0 aromatic heterocycles. The van der Waals surface area contributed by atoms with E-state index in [-0.39, 0.29) is 6.17 Å². The minimum atomic E-state index is -0.341. The summed E-state index contributed by atoms with van der Waals surface area (Å²) >= 11 is 0. The molecule has 0 aliphatic heterocycles. The number of nitrogens with one attached hydrogen (secondary N) is 1. The highest BCUT2D eigenvalue weighted by molar-refractivity contribution is 4.59. The van der Waals surface area contributed by atoms with Gasteiger partial charge in [0.15, 0.2) is 0 Å². The second-order valence-electron chi connectivity index (χ2n) is 2.32. The van der Waals surface area contributed by atoms with E-state index in [9.17, 15) is 0 Å². The molecule has 1 unspecified atom stereocenters. The molecule has 0 amide bonds. The van der Waals surface area contributed by atoms with Crippen molar-refractivity contribution in [3.8, 4) is 0 Å². The second kappa shape index (κ2) is 6.51. The molecule has 0 bridgehead atoms. The van der Waals surface area contributed by atoms with E-state index in [1.54, 1.807) is 0 Å². The molecule has 0 spiro atoms. The van der Waals surface area contributed by atoms with Gasteiger partial charge in [-0.3, -0.25) is 0 Å². The van der Waals surface area contributed by atoms with Gasteiger partial charge in [0.2, 0.25) is 0 Å². The zero-order valence-electron chi connectivity index (χ0n) is 6.95. The molecule has 0 aromatic carbocycles. The number of hydrogen-bond acceptors (Lipinski definition) is 5. The van der Waals surface area contributed by atoms with Crippen LogP contribution in [0.25, 0.3) is 0 Å². The first-order chi connectivity index (χ1) is 5.22. The maximum atomic E-state index is 9.06. The van der Waals surface area contributed by atoms with Gasteiger partial charge in [0.05, 0.1) is 6.17 Å². The quantitative estimate of drug-likeness (QED) is 0.218. The summed E-state index contributed by atoms with van der Waals surface area (Å²) in [7, 11) is 0. The Labute approximate surface area is 67.3 Å². The Morgan fingerprint density at radius 3 is 2.73 bits per heavy atom. The lowest BCUT2D eigenvalue weighted by atomic mass is 10.4. The predicted molar refractivity (Wildman–Crippen MR) is 44.1 cm³/mol. The molecule has 0 rings (SSSR count). The van der Waals surface area contributed by atoms with Crippen LogP contribution in [0.3, 0.4) is 0 Å². The van der Waals surface area contributed by atoms with Crippen LogP contribution in [0.1, 0.15) is 6.92 Å². The Balaban J connectivity index is 3.28. The lowest BCUT2D eigenvalue weighted by Gasteiger charge is -2.20. The van der Waals surface area contributed by atoms with Gasteiger partial charge in [0.25, 0.3) is 0 Å². The van der Waals surface area contributed by atoms with Crippen LogP contribution >= 0.6 is 0 Å². The van der Waals surface area contributed by atoms with E-state index in [1.165, 1.54) is 0 Å². The monoisotopic (exact) mass is 162 g/mol. The number of likely N-dealkylation sites (N-methyl/N-ethyl adjacent to an activating group) is 1. The predicted octanol–water partition coefficient (Wildman–Crippen LogP) is -1.47. The maximum absolute atomic E-state index is 9.06. The van der Waals surface area contributed by atoms with Gasteiger partial charge >= 0.3 is 0 Å². The molecular formula is C6H18N4O. The fourth-order valence-electron chi connectivity index (χ4n) is 0.692. The van der Waals surface area contributed by atoms with E-state index in [4.69, 9.17) is 16.7 Å². The number of nitrogens with zero attached hydrogens (tertiary/aromatic N) is 1. The summed E-state index contributed by atoms with van der Waals surface area (Å²) in [5, 5.41) is 13.1. The van der Waals surface area contributed by atoms with Crippen molar-refractivity contribution in [1.29, 1.82) is 0 Å². The third kappa shape index (κ3) is 5.11. The van der Waals surface area contributed by atoms with Crippen LogP contribution in [0.2, 0.25) is 0 Å². The van der Waals surface area contributed by atoms with Crippen molar-refractivity contribution in [2.75, 3.05) is 26.2 Å². The number of hydrogen-bond donors (Lipinski definition) is 4. The summed E-state index contributed by atoms with van der Waals surface area (Å²) in [5.41, 5.74) is 10.8. The van der Waals surface area contributed by atoms with Gasteiger partial charge in [-0.25, -0.2) is 0 Å². The SMILES string of the molecule is CCN(O)C(N)CNCCN. The highest BCUT2D eigenvalue weighted by Crippen LogP contribution is 1.84. The van der Waals surface area contributed by atoms with E-state index in [2.05, 4.69) is 5.32 Å². The van der Waals surface area contributed by atoms with E-state index < -0.39 is 0 Å². The van der Waals surface area contributed by atoms with Crippen LogP contribution in [-0.4, -0.2) is 42.6 Å². The summed E-state index contributed by atoms with van der Waals surface area (Å²) in [6, 6.07) is 0. The lowest BCUT2D eigenvalue weighted by molar-refractivity contribution is -0.120. The topological polar surface area (TPSA) is 87.5 Å². The van der Waals surface area contributed by atoms with Crippen molar-refractivity contribution in [2.24, 2.45) is 11.5 Å². The van der Waals surface area contributed by atoms with Gasteiger partial charge in [-0.1, -0.05) is 6.92 Å². The zero-order valence-corrected chi connectivity index (χ0v) is 6.95. The van der Waals surface area contributed by atoms with Crippen molar-refractivity contribution in [1.82, 2.24) is 10.4 Å². The van der Waals surface area contributed by atoms with Crippen molar-refractivity contribution in [3.05, 3.63) is 0 Å². The van der Waals surface area contributed by atoms with E-state index >= 15 is 0 Å². The first-order valence-corrected chi connectivity index (χ1v) is 3.84. The molecular weight excluding hydrogens is 144 g/mol. The Morgan fingerprint density at radius 2 is 2.27 bits per heavy atom. The molecule has 0 fully saturated rings. The molecule has 0 saturated carbocycles. The standard InChI is InChI=1S/C6H18N4O/c1-2-10(11)6(8)5-9-4-3-7/h6,9,11H,2-5,7-8H2,1H3. The summed E-state index contributed by atoms with van der Waals surface area (Å²) in [6.07, 6.45) is -0.341. The highest BCUT2D eigenvalue weighted by Gasteiger charge is 2.07. The molecule has 0 aliphatic rings. The Kier molecular flexibility index (Phi) is 6.39. The van der Waals surface area contributed by atoms with E-state index in [0.717, 1.165) is 11.6 Å². The highest BCUT2D eigenvalue weighted by atomic mass is 16.5. The van der Waals surface area contributed by atoms with Gasteiger partial charge < -0.3 is 22.0 Å². The Hall–Kier alpha value is -0.200. The second-order valence-corrected chi connectivity index (χ2v) is 2.32. The molecule has 5 heteroatoms. The molecule has 0 aromatic rings. The van der Waals surface area contributed by atoms with Crippen LogP contribution in [-0.2, 0) is 0 Å². The average molecular weight is 162 g/mol. The van der Waals surface area contributed by atoms with Crippen molar-refractivity contribution in [2.45, 2.75) is 13.1 Å². The average Bonchev–Trinajstić information content (AvgIpc) is 2.03. The molecule has 68 valence electrons. The van der Waals surface area contributed by atoms with Crippen molar-refractivity contribution >= 4 is 0 Å². The summed E-state index contributed by atoms with van der Waals surface area (Å²) < 4.78 is 0. The van der Waals surface area contributed by atoms with Crippen LogP contribution in [0, 0.1) is 0 Å². The van der Waals surface area contributed by atoms with Crippen LogP contribution < -0.4 is 16.8 Å². The summed E-state index contributed by atoms with van der Waals surface area (Å²) in [5.74, 6) is 0. The van der Waals surface area contributed by atoms with E-state index in [1.807, 2.05) is 6.92 Å². The van der Waals surface area contributed by atoms with Gasteiger partial charge in [-0.05, 0) is 0 Å². The Bertz CT molecular complexity index is 90.7. The van der Waals surface area contributed by atoms with Crippen molar-refractivity contribution in [3.63, 3.8) is 0 Å². The largest absolute Gasteiger partial charge is 0.329 e. The first kappa shape index (κ1) is 10.8. The normalized spacial score (nSPS) is 13.9. The third-order valence-corrected chi connectivity index (χ3v) is 1.38. The third-order valence-electron chi connectivity index (χ3n) is 1.38. The van der Waals surface area contributed by atoms with Gasteiger partial charge in [-0.15, -0.1) is 0 Å². The molecule has 11 heavy (non-hydrogen) atoms. The van der Waals surface area contributed by atoms with Gasteiger partial charge in [-0.2, -0.15) is 5.06 Å². The Morgan fingerprint density at radius 1 is 1.64 bits per heavy atom. The fraction of sp³-hybridized carbons (Fsp3) is 1.00. The van der Waals surface area contributed by atoms with Crippen LogP contribution in [0.4, 0.5) is 0 Å². The van der Waals surface area contributed by atoms with Gasteiger partial charge in [0.1, 0.15) is 0 Å². The van der Waals surface area contributed by atoms with Crippen LogP contribution in [0.5, 0.6) is 0 Å². The fourth-order valence-corrected chi connectivity index (χ4v) is 0.692. The molecule has 0 radical (unpaired) electrons. The number of hydroxylamine groups is 2. The molecule has 0 saturated heterocycles. The molecule has 0 heterocycles. The minimum absolute atomic E-state index is 0.341. The number of nitrogens with two attached hydrogens (primary N) is 2. The minimum Gasteiger partial charge on any atom is -0.329 e. The van der Waals surface area contributed by atoms with Crippen molar-refractivity contribution < 1.29 is 5.21 Å². The zero-order chi connectivity index (χ0) is 8.69. The maximum Gasteiger partial charge on any atom is 0.0941 e. The summed E-state index contributed by atoms with van der Waals surface area (Å²) in [6.45, 7) is 4.24. The van der Waals surface area contributed by atoms with Crippen LogP contribution in [0.15, 0.2) is 0 Å². The molecule has 6 N–H and O–H groups in total. The molecule has 1 atom stereocenters.